The van der Waals surface area contributed by atoms with Gasteiger partial charge in [-0.2, -0.15) is 0 Å². The van der Waals surface area contributed by atoms with Crippen LogP contribution in [0, 0.1) is 5.92 Å². The van der Waals surface area contributed by atoms with Crippen molar-refractivity contribution in [3.8, 4) is 0 Å². The standard InChI is InChI=1S/C18H22N2O/c1-6-12-15(11(2)3)18(4,5)17-19-13-9-7-8-10-14(13)20(17)16(12)21/h7-11H,6H2,1-5H3. The third kappa shape index (κ3) is 1.80. The average molecular weight is 282 g/mol. The number of carbonyl (C=O) groups is 1. The molecule has 0 unspecified atom stereocenters. The van der Waals surface area contributed by atoms with E-state index in [4.69, 9.17) is 4.98 Å². The molecule has 2 aromatic rings. The van der Waals surface area contributed by atoms with E-state index in [1.54, 1.807) is 0 Å². The summed E-state index contributed by atoms with van der Waals surface area (Å²) in [6.07, 6.45) is 0.766. The molecule has 0 saturated carbocycles. The number of para-hydroxylation sites is 2. The molecule has 0 saturated heterocycles. The summed E-state index contributed by atoms with van der Waals surface area (Å²) >= 11 is 0. The Bertz CT molecular complexity index is 763. The first-order valence-electron chi connectivity index (χ1n) is 7.65. The molecular weight excluding hydrogens is 260 g/mol. The maximum Gasteiger partial charge on any atom is 0.259 e. The van der Waals surface area contributed by atoms with Crippen LogP contribution in [0.15, 0.2) is 35.4 Å². The van der Waals surface area contributed by atoms with Crippen molar-refractivity contribution < 1.29 is 4.79 Å². The minimum Gasteiger partial charge on any atom is -0.269 e. The molecule has 3 rings (SSSR count). The Kier molecular flexibility index (Phi) is 3.05. The van der Waals surface area contributed by atoms with Gasteiger partial charge < -0.3 is 0 Å². The van der Waals surface area contributed by atoms with Gasteiger partial charge in [-0.15, -0.1) is 0 Å². The molecule has 1 aromatic carbocycles. The molecule has 3 nitrogen and oxygen atoms in total. The van der Waals surface area contributed by atoms with Crippen molar-refractivity contribution in [3.63, 3.8) is 0 Å². The fourth-order valence-corrected chi connectivity index (χ4v) is 3.81. The first-order valence-corrected chi connectivity index (χ1v) is 7.65. The monoisotopic (exact) mass is 282 g/mol. The van der Waals surface area contributed by atoms with Gasteiger partial charge in [-0.05, 0) is 43.9 Å². The topological polar surface area (TPSA) is 34.9 Å². The van der Waals surface area contributed by atoms with E-state index < -0.39 is 0 Å². The van der Waals surface area contributed by atoms with Gasteiger partial charge in [0, 0.05) is 11.0 Å². The molecule has 0 N–H and O–H groups in total. The second-order valence-corrected chi connectivity index (χ2v) is 6.59. The molecule has 1 aromatic heterocycles. The Hall–Kier alpha value is -1.90. The van der Waals surface area contributed by atoms with Crippen LogP contribution >= 0.6 is 0 Å². The van der Waals surface area contributed by atoms with Crippen molar-refractivity contribution in [3.05, 3.63) is 41.2 Å². The number of nitrogens with zero attached hydrogens (tertiary/aromatic N) is 2. The number of allylic oxidation sites excluding steroid dienone is 2. The van der Waals surface area contributed by atoms with Gasteiger partial charge in [-0.25, -0.2) is 4.98 Å². The highest BCUT2D eigenvalue weighted by Gasteiger charge is 2.41. The zero-order valence-electron chi connectivity index (χ0n) is 13.4. The number of hydrogen-bond acceptors (Lipinski definition) is 2. The van der Waals surface area contributed by atoms with Gasteiger partial charge in [-0.1, -0.05) is 32.9 Å². The molecular formula is C18H22N2O. The molecule has 0 fully saturated rings. The van der Waals surface area contributed by atoms with Gasteiger partial charge in [0.05, 0.1) is 11.0 Å². The lowest BCUT2D eigenvalue weighted by molar-refractivity contribution is 0.0936. The molecule has 3 heteroatoms. The average Bonchev–Trinajstić information content (AvgIpc) is 2.82. The van der Waals surface area contributed by atoms with Crippen LogP contribution in [0.4, 0.5) is 0 Å². The quantitative estimate of drug-likeness (QED) is 0.821. The summed E-state index contributed by atoms with van der Waals surface area (Å²) < 4.78 is 1.82. The third-order valence-electron chi connectivity index (χ3n) is 4.51. The van der Waals surface area contributed by atoms with E-state index in [0.29, 0.717) is 5.92 Å². The summed E-state index contributed by atoms with van der Waals surface area (Å²) in [4.78, 5) is 17.8. The second-order valence-electron chi connectivity index (χ2n) is 6.59. The molecule has 1 aliphatic heterocycles. The minimum atomic E-state index is -0.216. The molecule has 0 amide bonds. The van der Waals surface area contributed by atoms with Crippen molar-refractivity contribution in [1.82, 2.24) is 9.55 Å². The van der Waals surface area contributed by atoms with Crippen LogP contribution in [0.5, 0.6) is 0 Å². The Labute approximate surface area is 125 Å². The molecule has 110 valence electrons. The third-order valence-corrected chi connectivity index (χ3v) is 4.51. The first-order chi connectivity index (χ1) is 9.89. The number of carbonyl (C=O) groups excluding carboxylic acids is 1. The summed E-state index contributed by atoms with van der Waals surface area (Å²) in [5.41, 5.74) is 3.78. The molecule has 0 bridgehead atoms. The van der Waals surface area contributed by atoms with E-state index >= 15 is 0 Å². The summed E-state index contributed by atoms with van der Waals surface area (Å²) in [5.74, 6) is 1.31. The number of hydrogen-bond donors (Lipinski definition) is 0. The van der Waals surface area contributed by atoms with Crippen molar-refractivity contribution in [2.75, 3.05) is 0 Å². The van der Waals surface area contributed by atoms with Crippen molar-refractivity contribution in [2.45, 2.75) is 46.5 Å². The van der Waals surface area contributed by atoms with E-state index in [9.17, 15) is 4.79 Å². The molecule has 1 aliphatic rings. The predicted octanol–water partition coefficient (Wildman–Crippen LogP) is 4.33. The van der Waals surface area contributed by atoms with Gasteiger partial charge in [0.2, 0.25) is 0 Å². The zero-order chi connectivity index (χ0) is 15.4. The second kappa shape index (κ2) is 4.55. The Morgan fingerprint density at radius 3 is 2.52 bits per heavy atom. The lowest BCUT2D eigenvalue weighted by atomic mass is 9.72. The first kappa shape index (κ1) is 14.1. The minimum absolute atomic E-state index is 0.101. The van der Waals surface area contributed by atoms with Gasteiger partial charge in [0.15, 0.2) is 0 Å². The molecule has 0 spiro atoms. The van der Waals surface area contributed by atoms with E-state index in [0.717, 1.165) is 28.9 Å². The van der Waals surface area contributed by atoms with Crippen molar-refractivity contribution >= 4 is 16.9 Å². The maximum atomic E-state index is 13.0. The molecule has 21 heavy (non-hydrogen) atoms. The molecule has 0 aliphatic carbocycles. The van der Waals surface area contributed by atoms with Crippen LogP contribution in [0.25, 0.3) is 11.0 Å². The Morgan fingerprint density at radius 1 is 1.24 bits per heavy atom. The maximum absolute atomic E-state index is 13.0. The molecule has 0 atom stereocenters. The predicted molar refractivity (Wildman–Crippen MR) is 85.5 cm³/mol. The highest BCUT2D eigenvalue weighted by Crippen LogP contribution is 2.43. The summed E-state index contributed by atoms with van der Waals surface area (Å²) in [6, 6.07) is 7.89. The van der Waals surface area contributed by atoms with Crippen LogP contribution in [0.1, 0.15) is 51.7 Å². The molecule has 0 radical (unpaired) electrons. The van der Waals surface area contributed by atoms with Crippen LogP contribution in [-0.4, -0.2) is 15.5 Å². The lowest BCUT2D eigenvalue weighted by Gasteiger charge is -2.36. The number of rotatable bonds is 2. The van der Waals surface area contributed by atoms with E-state index in [1.807, 2.05) is 28.8 Å². The van der Waals surface area contributed by atoms with Crippen molar-refractivity contribution in [2.24, 2.45) is 5.92 Å². The van der Waals surface area contributed by atoms with Crippen molar-refractivity contribution in [1.29, 1.82) is 0 Å². The van der Waals surface area contributed by atoms with Crippen LogP contribution in [-0.2, 0) is 5.41 Å². The normalized spacial score (nSPS) is 17.7. The lowest BCUT2D eigenvalue weighted by Crippen LogP contribution is -2.37. The van der Waals surface area contributed by atoms with Gasteiger partial charge in [0.1, 0.15) is 5.82 Å². The van der Waals surface area contributed by atoms with Crippen LogP contribution < -0.4 is 0 Å². The van der Waals surface area contributed by atoms with E-state index in [-0.39, 0.29) is 11.3 Å². The molecule has 2 heterocycles. The van der Waals surface area contributed by atoms with Gasteiger partial charge in [0.25, 0.3) is 5.91 Å². The smallest absolute Gasteiger partial charge is 0.259 e. The fourth-order valence-electron chi connectivity index (χ4n) is 3.81. The number of aromatic nitrogens is 2. The fraction of sp³-hybridized carbons (Fsp3) is 0.444. The Morgan fingerprint density at radius 2 is 1.90 bits per heavy atom. The van der Waals surface area contributed by atoms with Crippen LogP contribution in [0.3, 0.4) is 0 Å². The summed E-state index contributed by atoms with van der Waals surface area (Å²) in [7, 11) is 0. The van der Waals surface area contributed by atoms with Crippen LogP contribution in [0.2, 0.25) is 0 Å². The zero-order valence-corrected chi connectivity index (χ0v) is 13.4. The SMILES string of the molecule is CCC1=C(C(C)C)C(C)(C)c2nc3ccccc3n2C1=O. The Balaban J connectivity index is 2.39. The van der Waals surface area contributed by atoms with E-state index in [2.05, 4.69) is 34.6 Å². The number of imidazole rings is 1. The van der Waals surface area contributed by atoms with E-state index in [1.165, 1.54) is 5.57 Å². The highest BCUT2D eigenvalue weighted by atomic mass is 16.2. The van der Waals surface area contributed by atoms with Gasteiger partial charge >= 0.3 is 0 Å². The number of fused-ring (bicyclic) bond motifs is 3. The summed E-state index contributed by atoms with van der Waals surface area (Å²) in [5, 5.41) is 0. The largest absolute Gasteiger partial charge is 0.269 e. The number of benzene rings is 1. The summed E-state index contributed by atoms with van der Waals surface area (Å²) in [6.45, 7) is 10.8. The highest BCUT2D eigenvalue weighted by molar-refractivity contribution is 6.03. The van der Waals surface area contributed by atoms with Gasteiger partial charge in [-0.3, -0.25) is 9.36 Å².